The van der Waals surface area contributed by atoms with Gasteiger partial charge in [0, 0.05) is 6.61 Å². The van der Waals surface area contributed by atoms with Crippen molar-refractivity contribution >= 4 is 5.91 Å². The molecule has 3 atom stereocenters. The van der Waals surface area contributed by atoms with Crippen molar-refractivity contribution < 1.29 is 9.53 Å². The number of rotatable bonds is 6. The van der Waals surface area contributed by atoms with Crippen molar-refractivity contribution in [2.24, 2.45) is 5.92 Å². The Morgan fingerprint density at radius 3 is 2.85 bits per heavy atom. The number of amides is 1. The summed E-state index contributed by atoms with van der Waals surface area (Å²) in [6.07, 6.45) is 6.62. The highest BCUT2D eigenvalue weighted by Crippen LogP contribution is 2.26. The molecule has 0 aromatic heterocycles. The number of nitrogens with one attached hydrogen (secondary N) is 1. The topological polar surface area (TPSA) is 41.6 Å². The van der Waals surface area contributed by atoms with E-state index in [1.807, 2.05) is 0 Å². The molecule has 0 spiro atoms. The molecule has 0 bridgehead atoms. The average molecular weight is 282 g/mol. The van der Waals surface area contributed by atoms with E-state index in [1.54, 1.807) is 0 Å². The molecule has 0 radical (unpaired) electrons. The summed E-state index contributed by atoms with van der Waals surface area (Å²) in [4.78, 5) is 14.8. The zero-order valence-corrected chi connectivity index (χ0v) is 13.2. The Balaban J connectivity index is 2.04. The van der Waals surface area contributed by atoms with Crippen LogP contribution in [0.15, 0.2) is 0 Å². The van der Waals surface area contributed by atoms with E-state index in [4.69, 9.17) is 4.74 Å². The molecule has 0 aliphatic carbocycles. The molecule has 4 nitrogen and oxygen atoms in total. The average Bonchev–Trinajstić information content (AvgIpc) is 2.73. The first-order valence-electron chi connectivity index (χ1n) is 8.29. The molecule has 2 fully saturated rings. The van der Waals surface area contributed by atoms with Crippen molar-refractivity contribution in [2.45, 2.75) is 77.5 Å². The Morgan fingerprint density at radius 2 is 2.25 bits per heavy atom. The fourth-order valence-corrected chi connectivity index (χ4v) is 3.34. The molecule has 2 heterocycles. The molecule has 4 heteroatoms. The summed E-state index contributed by atoms with van der Waals surface area (Å²) < 4.78 is 5.59. The lowest BCUT2D eigenvalue weighted by Crippen LogP contribution is -2.48. The molecule has 2 rings (SSSR count). The zero-order chi connectivity index (χ0) is 14.5. The van der Waals surface area contributed by atoms with Gasteiger partial charge in [0.15, 0.2) is 0 Å². The maximum atomic E-state index is 12.7. The summed E-state index contributed by atoms with van der Waals surface area (Å²) in [5.74, 6) is 0.900. The molecule has 20 heavy (non-hydrogen) atoms. The van der Waals surface area contributed by atoms with E-state index in [9.17, 15) is 4.79 Å². The predicted octanol–water partition coefficient (Wildman–Crippen LogP) is 2.53. The number of hydrogen-bond donors (Lipinski definition) is 1. The molecule has 0 saturated carbocycles. The van der Waals surface area contributed by atoms with Crippen LogP contribution in [0.25, 0.3) is 0 Å². The second-order valence-electron chi connectivity index (χ2n) is 6.62. The Morgan fingerprint density at radius 1 is 1.45 bits per heavy atom. The molecule has 116 valence electrons. The van der Waals surface area contributed by atoms with Gasteiger partial charge in [0.1, 0.15) is 0 Å². The summed E-state index contributed by atoms with van der Waals surface area (Å²) in [6, 6.07) is 0.305. The van der Waals surface area contributed by atoms with Crippen LogP contribution in [-0.2, 0) is 9.53 Å². The summed E-state index contributed by atoms with van der Waals surface area (Å²) in [5, 5.41) is 3.58. The summed E-state index contributed by atoms with van der Waals surface area (Å²) in [5.41, 5.74) is 0. The second kappa shape index (κ2) is 7.41. The molecule has 3 unspecified atom stereocenters. The van der Waals surface area contributed by atoms with Crippen LogP contribution in [0.4, 0.5) is 0 Å². The number of nitrogens with zero attached hydrogens (tertiary/aromatic N) is 1. The highest BCUT2D eigenvalue weighted by Gasteiger charge is 2.42. The van der Waals surface area contributed by atoms with Crippen molar-refractivity contribution in [2.75, 3.05) is 13.2 Å². The minimum absolute atomic E-state index is 0.0284. The first kappa shape index (κ1) is 15.8. The van der Waals surface area contributed by atoms with Crippen molar-refractivity contribution in [1.82, 2.24) is 10.2 Å². The normalized spacial score (nSPS) is 31.3. The van der Waals surface area contributed by atoms with Crippen molar-refractivity contribution in [3.63, 3.8) is 0 Å². The third kappa shape index (κ3) is 3.73. The Labute approximate surface area is 123 Å². The number of unbranched alkanes of at least 4 members (excludes halogenated alkanes) is 1. The first-order chi connectivity index (χ1) is 9.63. The fraction of sp³-hybridized carbons (Fsp3) is 0.938. The zero-order valence-electron chi connectivity index (χ0n) is 13.2. The van der Waals surface area contributed by atoms with Gasteiger partial charge in [0.25, 0.3) is 0 Å². The predicted molar refractivity (Wildman–Crippen MR) is 80.4 cm³/mol. The standard InChI is InChI=1S/C16H30N2O2/c1-4-5-8-14-16(19)18(13-7-6-9-20-11-13)15(17-14)10-12(2)3/h12-15,17H,4-11H2,1-3H3. The number of carbonyl (C=O) groups is 1. The van der Waals surface area contributed by atoms with Gasteiger partial charge in [-0.3, -0.25) is 10.1 Å². The molecule has 0 aromatic carbocycles. The number of carbonyl (C=O) groups excluding carboxylic acids is 1. The van der Waals surface area contributed by atoms with Crippen LogP contribution < -0.4 is 5.32 Å². The van der Waals surface area contributed by atoms with Crippen molar-refractivity contribution in [3.8, 4) is 0 Å². The van der Waals surface area contributed by atoms with Crippen molar-refractivity contribution in [1.29, 1.82) is 0 Å². The lowest BCUT2D eigenvalue weighted by molar-refractivity contribution is -0.135. The van der Waals surface area contributed by atoms with E-state index >= 15 is 0 Å². The maximum absolute atomic E-state index is 12.7. The Kier molecular flexibility index (Phi) is 5.85. The largest absolute Gasteiger partial charge is 0.379 e. The lowest BCUT2D eigenvalue weighted by atomic mass is 10.0. The van der Waals surface area contributed by atoms with Crippen LogP contribution in [0.5, 0.6) is 0 Å². The van der Waals surface area contributed by atoms with E-state index in [0.717, 1.165) is 45.1 Å². The smallest absolute Gasteiger partial charge is 0.241 e. The lowest BCUT2D eigenvalue weighted by Gasteiger charge is -2.35. The monoisotopic (exact) mass is 282 g/mol. The van der Waals surface area contributed by atoms with Crippen LogP contribution in [-0.4, -0.2) is 42.3 Å². The third-order valence-electron chi connectivity index (χ3n) is 4.35. The minimum Gasteiger partial charge on any atom is -0.379 e. The quantitative estimate of drug-likeness (QED) is 0.814. The fourth-order valence-electron chi connectivity index (χ4n) is 3.34. The summed E-state index contributed by atoms with van der Waals surface area (Å²) in [6.45, 7) is 8.18. The van der Waals surface area contributed by atoms with E-state index in [-0.39, 0.29) is 18.2 Å². The van der Waals surface area contributed by atoms with Gasteiger partial charge in [-0.05, 0) is 31.6 Å². The molecule has 1 amide bonds. The number of hydrogen-bond acceptors (Lipinski definition) is 3. The Hall–Kier alpha value is -0.610. The van der Waals surface area contributed by atoms with Gasteiger partial charge in [-0.25, -0.2) is 0 Å². The molecule has 0 aromatic rings. The Bertz CT molecular complexity index is 314. The van der Waals surface area contributed by atoms with E-state index in [2.05, 4.69) is 31.0 Å². The van der Waals surface area contributed by atoms with Gasteiger partial charge in [-0.1, -0.05) is 33.6 Å². The van der Waals surface area contributed by atoms with Gasteiger partial charge < -0.3 is 9.64 Å². The van der Waals surface area contributed by atoms with Crippen LogP contribution in [0.1, 0.15) is 59.3 Å². The molecule has 2 aliphatic heterocycles. The first-order valence-corrected chi connectivity index (χ1v) is 8.29. The highest BCUT2D eigenvalue weighted by molar-refractivity contribution is 5.84. The van der Waals surface area contributed by atoms with Gasteiger partial charge in [0.2, 0.25) is 5.91 Å². The maximum Gasteiger partial charge on any atom is 0.241 e. The summed E-state index contributed by atoms with van der Waals surface area (Å²) >= 11 is 0. The second-order valence-corrected chi connectivity index (χ2v) is 6.62. The SMILES string of the molecule is CCCCC1NC(CC(C)C)N(C2CCCOC2)C1=O. The van der Waals surface area contributed by atoms with Gasteiger partial charge in [-0.15, -0.1) is 0 Å². The van der Waals surface area contributed by atoms with Gasteiger partial charge in [-0.2, -0.15) is 0 Å². The summed E-state index contributed by atoms with van der Waals surface area (Å²) in [7, 11) is 0. The van der Waals surface area contributed by atoms with Crippen LogP contribution in [0.3, 0.4) is 0 Å². The molecule has 1 N–H and O–H groups in total. The van der Waals surface area contributed by atoms with Gasteiger partial charge in [0.05, 0.1) is 24.9 Å². The molecule has 2 saturated heterocycles. The molecular formula is C16H30N2O2. The highest BCUT2D eigenvalue weighted by atomic mass is 16.5. The minimum atomic E-state index is 0.0284. The van der Waals surface area contributed by atoms with Crippen LogP contribution >= 0.6 is 0 Å². The van der Waals surface area contributed by atoms with E-state index in [1.165, 1.54) is 0 Å². The van der Waals surface area contributed by atoms with E-state index in [0.29, 0.717) is 18.4 Å². The van der Waals surface area contributed by atoms with Crippen molar-refractivity contribution in [3.05, 3.63) is 0 Å². The van der Waals surface area contributed by atoms with Crippen LogP contribution in [0, 0.1) is 5.92 Å². The van der Waals surface area contributed by atoms with E-state index < -0.39 is 0 Å². The van der Waals surface area contributed by atoms with Gasteiger partial charge >= 0.3 is 0 Å². The third-order valence-corrected chi connectivity index (χ3v) is 4.35. The van der Waals surface area contributed by atoms with Crippen LogP contribution in [0.2, 0.25) is 0 Å². The number of ether oxygens (including phenoxy) is 1. The molecular weight excluding hydrogens is 252 g/mol. The molecule has 2 aliphatic rings.